The lowest BCUT2D eigenvalue weighted by atomic mass is 9.95. The predicted molar refractivity (Wildman–Crippen MR) is 93.9 cm³/mol. The molecular formula is C18H25N3O5. The second-order valence-electron chi connectivity index (χ2n) is 6.14. The molecule has 2 heterocycles. The highest BCUT2D eigenvalue weighted by atomic mass is 16.5. The molecule has 8 heteroatoms. The molecule has 8 nitrogen and oxygen atoms in total. The summed E-state index contributed by atoms with van der Waals surface area (Å²) >= 11 is 0. The zero-order chi connectivity index (χ0) is 18.9. The molecule has 0 saturated carbocycles. The van der Waals surface area contributed by atoms with Crippen LogP contribution in [0.2, 0.25) is 0 Å². The first-order valence-electron chi connectivity index (χ1n) is 8.87. The Kier molecular flexibility index (Phi) is 7.53. The number of hydrogen-bond acceptors (Lipinski definition) is 5. The van der Waals surface area contributed by atoms with Gasteiger partial charge in [0.25, 0.3) is 5.91 Å². The summed E-state index contributed by atoms with van der Waals surface area (Å²) in [7, 11) is 0. The number of nitrogens with zero attached hydrogens (tertiary/aromatic N) is 2. The van der Waals surface area contributed by atoms with Gasteiger partial charge in [0.15, 0.2) is 0 Å². The van der Waals surface area contributed by atoms with Crippen molar-refractivity contribution in [3.63, 3.8) is 0 Å². The molecule has 0 atom stereocenters. The fourth-order valence-corrected chi connectivity index (χ4v) is 2.88. The van der Waals surface area contributed by atoms with Crippen LogP contribution in [0.1, 0.15) is 47.0 Å². The fraction of sp³-hybridized carbons (Fsp3) is 0.556. The molecule has 0 aliphatic carbocycles. The SMILES string of the molecule is CCOCCCNC(=O)C1CCN(C(=O)c2ccnc(C(=O)O)c2)CC1. The van der Waals surface area contributed by atoms with E-state index in [4.69, 9.17) is 9.84 Å². The average Bonchev–Trinajstić information content (AvgIpc) is 2.67. The zero-order valence-corrected chi connectivity index (χ0v) is 14.9. The molecule has 1 aromatic rings. The highest BCUT2D eigenvalue weighted by Gasteiger charge is 2.28. The number of amides is 2. The number of carbonyl (C=O) groups is 3. The average molecular weight is 363 g/mol. The molecule has 1 aromatic heterocycles. The number of nitrogens with one attached hydrogen (secondary N) is 1. The molecule has 1 aliphatic heterocycles. The van der Waals surface area contributed by atoms with Crippen LogP contribution in [-0.2, 0) is 9.53 Å². The van der Waals surface area contributed by atoms with Gasteiger partial charge in [-0.15, -0.1) is 0 Å². The molecule has 0 aromatic carbocycles. The number of carboxylic acids is 1. The Morgan fingerprint density at radius 3 is 2.73 bits per heavy atom. The first kappa shape index (κ1) is 19.8. The number of aromatic nitrogens is 1. The second-order valence-corrected chi connectivity index (χ2v) is 6.14. The molecule has 142 valence electrons. The minimum Gasteiger partial charge on any atom is -0.477 e. The third-order valence-corrected chi connectivity index (χ3v) is 4.35. The summed E-state index contributed by atoms with van der Waals surface area (Å²) in [5, 5.41) is 11.9. The van der Waals surface area contributed by atoms with Crippen molar-refractivity contribution in [2.75, 3.05) is 32.8 Å². The van der Waals surface area contributed by atoms with Crippen molar-refractivity contribution in [1.82, 2.24) is 15.2 Å². The van der Waals surface area contributed by atoms with Gasteiger partial charge in [0.05, 0.1) is 0 Å². The number of piperidine rings is 1. The number of pyridine rings is 1. The zero-order valence-electron chi connectivity index (χ0n) is 14.9. The van der Waals surface area contributed by atoms with Gasteiger partial charge < -0.3 is 20.1 Å². The molecule has 0 radical (unpaired) electrons. The van der Waals surface area contributed by atoms with Gasteiger partial charge in [-0.3, -0.25) is 9.59 Å². The van der Waals surface area contributed by atoms with E-state index >= 15 is 0 Å². The number of ether oxygens (including phenoxy) is 1. The molecule has 0 bridgehead atoms. The van der Waals surface area contributed by atoms with Crippen molar-refractivity contribution < 1.29 is 24.2 Å². The van der Waals surface area contributed by atoms with Gasteiger partial charge in [-0.1, -0.05) is 0 Å². The Hall–Kier alpha value is -2.48. The number of carboxylic acid groups (broad SMARTS) is 1. The van der Waals surface area contributed by atoms with Crippen LogP contribution in [-0.4, -0.2) is 65.6 Å². The van der Waals surface area contributed by atoms with Crippen LogP contribution >= 0.6 is 0 Å². The normalized spacial score (nSPS) is 14.9. The summed E-state index contributed by atoms with van der Waals surface area (Å²) in [6.45, 7) is 4.77. The number of carbonyl (C=O) groups excluding carboxylic acids is 2. The summed E-state index contributed by atoms with van der Waals surface area (Å²) in [5.41, 5.74) is 0.147. The largest absolute Gasteiger partial charge is 0.477 e. The van der Waals surface area contributed by atoms with Crippen LogP contribution in [0.5, 0.6) is 0 Å². The van der Waals surface area contributed by atoms with Gasteiger partial charge in [0, 0.05) is 50.5 Å². The quantitative estimate of drug-likeness (QED) is 0.671. The van der Waals surface area contributed by atoms with E-state index in [1.54, 1.807) is 4.90 Å². The van der Waals surface area contributed by atoms with Crippen LogP contribution in [0.4, 0.5) is 0 Å². The summed E-state index contributed by atoms with van der Waals surface area (Å²) in [5.74, 6) is -1.48. The number of likely N-dealkylation sites (tertiary alicyclic amines) is 1. The van der Waals surface area contributed by atoms with Gasteiger partial charge in [-0.05, 0) is 38.3 Å². The van der Waals surface area contributed by atoms with E-state index in [0.717, 1.165) is 6.42 Å². The molecule has 1 fully saturated rings. The maximum atomic E-state index is 12.5. The van der Waals surface area contributed by atoms with Crippen molar-refractivity contribution in [1.29, 1.82) is 0 Å². The van der Waals surface area contributed by atoms with Gasteiger partial charge in [-0.25, -0.2) is 9.78 Å². The molecule has 0 spiro atoms. The third-order valence-electron chi connectivity index (χ3n) is 4.35. The van der Waals surface area contributed by atoms with E-state index in [1.165, 1.54) is 18.3 Å². The van der Waals surface area contributed by atoms with E-state index in [0.29, 0.717) is 51.3 Å². The van der Waals surface area contributed by atoms with E-state index in [2.05, 4.69) is 10.3 Å². The minimum atomic E-state index is -1.17. The number of aromatic carboxylic acids is 1. The molecule has 0 unspecified atom stereocenters. The minimum absolute atomic E-state index is 0.0191. The Bertz CT molecular complexity index is 641. The topological polar surface area (TPSA) is 109 Å². The predicted octanol–water partition coefficient (Wildman–Crippen LogP) is 1.17. The summed E-state index contributed by atoms with van der Waals surface area (Å²) < 4.78 is 5.23. The van der Waals surface area contributed by atoms with Crippen LogP contribution in [0, 0.1) is 5.92 Å². The van der Waals surface area contributed by atoms with E-state index in [1.807, 2.05) is 6.92 Å². The van der Waals surface area contributed by atoms with Gasteiger partial charge in [0.1, 0.15) is 5.69 Å². The van der Waals surface area contributed by atoms with Crippen LogP contribution in [0.25, 0.3) is 0 Å². The lowest BCUT2D eigenvalue weighted by Crippen LogP contribution is -2.43. The highest BCUT2D eigenvalue weighted by molar-refractivity contribution is 5.96. The Morgan fingerprint density at radius 2 is 2.08 bits per heavy atom. The molecular weight excluding hydrogens is 338 g/mol. The second kappa shape index (κ2) is 9.86. The molecule has 2 N–H and O–H groups in total. The molecule has 26 heavy (non-hydrogen) atoms. The fourth-order valence-electron chi connectivity index (χ4n) is 2.88. The summed E-state index contributed by atoms with van der Waals surface area (Å²) in [6.07, 6.45) is 3.30. The van der Waals surface area contributed by atoms with Crippen molar-refractivity contribution in [3.05, 3.63) is 29.6 Å². The van der Waals surface area contributed by atoms with Gasteiger partial charge in [-0.2, -0.15) is 0 Å². The Morgan fingerprint density at radius 1 is 1.35 bits per heavy atom. The maximum absolute atomic E-state index is 12.5. The van der Waals surface area contributed by atoms with Crippen LogP contribution < -0.4 is 5.32 Å². The first-order chi connectivity index (χ1) is 12.5. The van der Waals surface area contributed by atoms with E-state index in [-0.39, 0.29) is 23.4 Å². The molecule has 2 amide bonds. The lowest BCUT2D eigenvalue weighted by molar-refractivity contribution is -0.126. The Balaban J connectivity index is 1.80. The monoisotopic (exact) mass is 363 g/mol. The smallest absolute Gasteiger partial charge is 0.354 e. The molecule has 1 aliphatic rings. The van der Waals surface area contributed by atoms with Crippen LogP contribution in [0.15, 0.2) is 18.3 Å². The number of hydrogen-bond donors (Lipinski definition) is 2. The maximum Gasteiger partial charge on any atom is 0.354 e. The van der Waals surface area contributed by atoms with Crippen molar-refractivity contribution in [2.24, 2.45) is 5.92 Å². The molecule has 1 saturated heterocycles. The number of rotatable bonds is 8. The van der Waals surface area contributed by atoms with Crippen molar-refractivity contribution >= 4 is 17.8 Å². The van der Waals surface area contributed by atoms with Crippen LogP contribution in [0.3, 0.4) is 0 Å². The van der Waals surface area contributed by atoms with Gasteiger partial charge in [0.2, 0.25) is 5.91 Å². The summed E-state index contributed by atoms with van der Waals surface area (Å²) in [6, 6.07) is 2.79. The third kappa shape index (κ3) is 5.52. The standard InChI is InChI=1S/C18H25N3O5/c1-2-26-11-3-7-20-16(22)13-5-9-21(10-6-13)17(23)14-4-8-19-15(12-14)18(24)25/h4,8,12-13H,2-3,5-7,9-11H2,1H3,(H,20,22)(H,24,25). The molecule has 2 rings (SSSR count). The van der Waals surface area contributed by atoms with Gasteiger partial charge >= 0.3 is 5.97 Å². The van der Waals surface area contributed by atoms with Crippen molar-refractivity contribution in [2.45, 2.75) is 26.2 Å². The van der Waals surface area contributed by atoms with E-state index < -0.39 is 5.97 Å². The lowest BCUT2D eigenvalue weighted by Gasteiger charge is -2.31. The summed E-state index contributed by atoms with van der Waals surface area (Å²) in [4.78, 5) is 41.0. The van der Waals surface area contributed by atoms with Crippen molar-refractivity contribution in [3.8, 4) is 0 Å². The first-order valence-corrected chi connectivity index (χ1v) is 8.87. The Labute approximate surface area is 152 Å². The van der Waals surface area contributed by atoms with E-state index in [9.17, 15) is 14.4 Å². The highest BCUT2D eigenvalue weighted by Crippen LogP contribution is 2.19.